The van der Waals surface area contributed by atoms with Gasteiger partial charge in [0.1, 0.15) is 11.5 Å². The summed E-state index contributed by atoms with van der Waals surface area (Å²) in [5, 5.41) is 8.71. The van der Waals surface area contributed by atoms with E-state index >= 15 is 0 Å². The largest absolute Gasteiger partial charge is 0.496 e. The first-order valence-electron chi connectivity index (χ1n) is 8.80. The molecule has 2 aromatic carbocycles. The zero-order valence-corrected chi connectivity index (χ0v) is 16.9. The Hall–Kier alpha value is -2.47. The Kier molecular flexibility index (Phi) is 6.06. The first-order valence-corrected chi connectivity index (χ1v) is 9.79. The maximum absolute atomic E-state index is 5.79. The Morgan fingerprint density at radius 2 is 1.74 bits per heavy atom. The molecule has 142 valence electrons. The van der Waals surface area contributed by atoms with Gasteiger partial charge in [0.25, 0.3) is 11.1 Å². The maximum Gasteiger partial charge on any atom is 0.276 e. The molecule has 5 nitrogen and oxygen atoms in total. The minimum atomic E-state index is 0.144. The molecule has 0 aliphatic carbocycles. The number of hydrogen-bond donors (Lipinski definition) is 0. The molecular weight excluding hydrogens is 360 g/mol. The molecule has 0 saturated heterocycles. The van der Waals surface area contributed by atoms with E-state index in [-0.39, 0.29) is 5.41 Å². The molecular formula is C21H24N2O3S. The Morgan fingerprint density at radius 1 is 1.00 bits per heavy atom. The van der Waals surface area contributed by atoms with Gasteiger partial charge < -0.3 is 13.9 Å². The zero-order valence-electron chi connectivity index (χ0n) is 16.1. The van der Waals surface area contributed by atoms with Gasteiger partial charge in [0.05, 0.1) is 19.3 Å². The molecule has 1 heterocycles. The van der Waals surface area contributed by atoms with E-state index in [4.69, 9.17) is 13.9 Å². The number of benzene rings is 2. The van der Waals surface area contributed by atoms with Crippen molar-refractivity contribution < 1.29 is 13.9 Å². The SMILES string of the molecule is COc1ccccc1-c1nnc(SCCOc2ccc(C(C)(C)C)cc2)o1. The lowest BCUT2D eigenvalue weighted by atomic mass is 9.87. The van der Waals surface area contributed by atoms with Crippen LogP contribution in [0.2, 0.25) is 0 Å². The summed E-state index contributed by atoms with van der Waals surface area (Å²) >= 11 is 1.47. The Labute approximate surface area is 164 Å². The highest BCUT2D eigenvalue weighted by Crippen LogP contribution is 2.30. The number of ether oxygens (including phenoxy) is 2. The quantitative estimate of drug-likeness (QED) is 0.411. The molecule has 0 N–H and O–H groups in total. The summed E-state index contributed by atoms with van der Waals surface area (Å²) in [5.41, 5.74) is 2.22. The lowest BCUT2D eigenvalue weighted by molar-refractivity contribution is 0.343. The van der Waals surface area contributed by atoms with E-state index in [0.717, 1.165) is 11.3 Å². The van der Waals surface area contributed by atoms with Crippen LogP contribution in [0.1, 0.15) is 26.3 Å². The van der Waals surface area contributed by atoms with Gasteiger partial charge in [-0.3, -0.25) is 0 Å². The van der Waals surface area contributed by atoms with Crippen molar-refractivity contribution in [1.82, 2.24) is 10.2 Å². The molecule has 0 unspecified atom stereocenters. The van der Waals surface area contributed by atoms with Crippen LogP contribution < -0.4 is 9.47 Å². The molecule has 0 bridgehead atoms. The molecule has 3 rings (SSSR count). The summed E-state index contributed by atoms with van der Waals surface area (Å²) in [6.45, 7) is 7.15. The summed E-state index contributed by atoms with van der Waals surface area (Å²) in [5.74, 6) is 2.74. The summed E-state index contributed by atoms with van der Waals surface area (Å²) < 4.78 is 16.8. The average Bonchev–Trinajstić information content (AvgIpc) is 3.13. The van der Waals surface area contributed by atoms with E-state index in [0.29, 0.717) is 29.2 Å². The molecule has 0 saturated carbocycles. The van der Waals surface area contributed by atoms with Gasteiger partial charge in [-0.1, -0.05) is 56.8 Å². The third-order valence-electron chi connectivity index (χ3n) is 4.04. The van der Waals surface area contributed by atoms with Crippen molar-refractivity contribution >= 4 is 11.8 Å². The summed E-state index contributed by atoms with van der Waals surface area (Å²) in [6.07, 6.45) is 0. The van der Waals surface area contributed by atoms with E-state index < -0.39 is 0 Å². The average molecular weight is 385 g/mol. The second kappa shape index (κ2) is 8.48. The van der Waals surface area contributed by atoms with E-state index in [9.17, 15) is 0 Å². The highest BCUT2D eigenvalue weighted by atomic mass is 32.2. The van der Waals surface area contributed by atoms with Gasteiger partial charge in [0.2, 0.25) is 0 Å². The van der Waals surface area contributed by atoms with Crippen LogP contribution in [-0.2, 0) is 5.41 Å². The topological polar surface area (TPSA) is 57.4 Å². The highest BCUT2D eigenvalue weighted by molar-refractivity contribution is 7.99. The number of rotatable bonds is 7. The van der Waals surface area contributed by atoms with Crippen LogP contribution in [-0.4, -0.2) is 29.7 Å². The third-order valence-corrected chi connectivity index (χ3v) is 4.82. The van der Waals surface area contributed by atoms with Gasteiger partial charge in [-0.05, 0) is 35.2 Å². The fraction of sp³-hybridized carbons (Fsp3) is 0.333. The minimum absolute atomic E-state index is 0.144. The van der Waals surface area contributed by atoms with Gasteiger partial charge in [-0.2, -0.15) is 0 Å². The van der Waals surface area contributed by atoms with Crippen molar-refractivity contribution in [2.75, 3.05) is 19.5 Å². The highest BCUT2D eigenvalue weighted by Gasteiger charge is 2.14. The van der Waals surface area contributed by atoms with E-state index in [1.54, 1.807) is 7.11 Å². The van der Waals surface area contributed by atoms with Crippen LogP contribution in [0.25, 0.3) is 11.5 Å². The molecule has 1 aromatic heterocycles. The monoisotopic (exact) mass is 384 g/mol. The number of thioether (sulfide) groups is 1. The molecule has 0 aliphatic heterocycles. The normalized spacial score (nSPS) is 11.4. The third kappa shape index (κ3) is 5.04. The number of nitrogens with zero attached hydrogens (tertiary/aromatic N) is 2. The van der Waals surface area contributed by atoms with E-state index in [1.807, 2.05) is 36.4 Å². The zero-order chi connectivity index (χ0) is 19.3. The fourth-order valence-corrected chi connectivity index (χ4v) is 3.12. The number of methoxy groups -OCH3 is 1. The molecule has 0 amide bonds. The molecule has 3 aromatic rings. The van der Waals surface area contributed by atoms with Crippen LogP contribution in [0.4, 0.5) is 0 Å². The second-order valence-electron chi connectivity index (χ2n) is 7.04. The second-order valence-corrected chi connectivity index (χ2v) is 8.09. The molecule has 0 aliphatic rings. The standard InChI is InChI=1S/C21H24N2O3S/c1-21(2,3)15-9-11-16(12-10-15)25-13-14-27-20-23-22-19(26-20)17-7-5-6-8-18(17)24-4/h5-12H,13-14H2,1-4H3. The van der Waals surface area contributed by atoms with Crippen molar-refractivity contribution in [3.63, 3.8) is 0 Å². The van der Waals surface area contributed by atoms with Gasteiger partial charge >= 0.3 is 0 Å². The van der Waals surface area contributed by atoms with Gasteiger partial charge in [-0.15, -0.1) is 10.2 Å². The van der Waals surface area contributed by atoms with Crippen molar-refractivity contribution in [1.29, 1.82) is 0 Å². The van der Waals surface area contributed by atoms with Crippen molar-refractivity contribution in [2.24, 2.45) is 0 Å². The van der Waals surface area contributed by atoms with Crippen LogP contribution in [0.15, 0.2) is 58.2 Å². The Balaban J connectivity index is 1.51. The summed E-state index contributed by atoms with van der Waals surface area (Å²) in [6, 6.07) is 15.8. The molecule has 0 radical (unpaired) electrons. The summed E-state index contributed by atoms with van der Waals surface area (Å²) in [7, 11) is 1.62. The Morgan fingerprint density at radius 3 is 2.44 bits per heavy atom. The molecule has 27 heavy (non-hydrogen) atoms. The molecule has 0 spiro atoms. The van der Waals surface area contributed by atoms with Gasteiger partial charge in [-0.25, -0.2) is 0 Å². The smallest absolute Gasteiger partial charge is 0.276 e. The van der Waals surface area contributed by atoms with Crippen LogP contribution in [0, 0.1) is 0 Å². The molecule has 0 fully saturated rings. The first-order chi connectivity index (χ1) is 13.0. The predicted octanol–water partition coefficient (Wildman–Crippen LogP) is 5.21. The van der Waals surface area contributed by atoms with Crippen LogP contribution in [0.3, 0.4) is 0 Å². The van der Waals surface area contributed by atoms with Crippen molar-refractivity contribution in [3.8, 4) is 23.0 Å². The van der Waals surface area contributed by atoms with Gasteiger partial charge in [0.15, 0.2) is 0 Å². The van der Waals surface area contributed by atoms with Crippen molar-refractivity contribution in [3.05, 3.63) is 54.1 Å². The van der Waals surface area contributed by atoms with Crippen LogP contribution in [0.5, 0.6) is 11.5 Å². The predicted molar refractivity (Wildman–Crippen MR) is 108 cm³/mol. The van der Waals surface area contributed by atoms with E-state index in [2.05, 4.69) is 43.1 Å². The minimum Gasteiger partial charge on any atom is -0.496 e. The lowest BCUT2D eigenvalue weighted by Gasteiger charge is -2.19. The number of aromatic nitrogens is 2. The van der Waals surface area contributed by atoms with E-state index in [1.165, 1.54) is 17.3 Å². The summed E-state index contributed by atoms with van der Waals surface area (Å²) in [4.78, 5) is 0. The lowest BCUT2D eigenvalue weighted by Crippen LogP contribution is -2.10. The first kappa shape index (κ1) is 19.3. The molecule has 0 atom stereocenters. The number of hydrogen-bond acceptors (Lipinski definition) is 6. The maximum atomic E-state index is 5.79. The fourth-order valence-electron chi connectivity index (χ4n) is 2.54. The van der Waals surface area contributed by atoms with Gasteiger partial charge in [0, 0.05) is 5.75 Å². The molecule has 6 heteroatoms. The van der Waals surface area contributed by atoms with Crippen LogP contribution >= 0.6 is 11.8 Å². The number of para-hydroxylation sites is 1. The Bertz CT molecular complexity index is 870. The van der Waals surface area contributed by atoms with Crippen molar-refractivity contribution in [2.45, 2.75) is 31.4 Å².